The van der Waals surface area contributed by atoms with E-state index in [1.54, 1.807) is 18.2 Å². The van der Waals surface area contributed by atoms with Gasteiger partial charge in [-0.3, -0.25) is 4.79 Å². The maximum atomic E-state index is 13.4. The Bertz CT molecular complexity index is 678. The molecule has 0 aliphatic rings. The van der Waals surface area contributed by atoms with Crippen molar-refractivity contribution < 1.29 is 9.18 Å². The first-order valence-corrected chi connectivity index (χ1v) is 7.47. The summed E-state index contributed by atoms with van der Waals surface area (Å²) in [5.41, 5.74) is 2.65. The molecule has 0 saturated heterocycles. The standard InChI is InChI=1S/C19H21FN2O/c1-22(2)14-16-9-7-15(8-10-16)13-21-19(23)12-11-17-5-3-4-6-18(17)20/h3-12H,13-14H2,1-2H3,(H,21,23)/b12-11+. The van der Waals surface area contributed by atoms with Gasteiger partial charge < -0.3 is 10.2 Å². The van der Waals surface area contributed by atoms with Gasteiger partial charge in [0.15, 0.2) is 0 Å². The van der Waals surface area contributed by atoms with Crippen LogP contribution in [0.1, 0.15) is 16.7 Å². The molecular formula is C19H21FN2O. The van der Waals surface area contributed by atoms with E-state index in [-0.39, 0.29) is 11.7 Å². The molecule has 0 unspecified atom stereocenters. The number of nitrogens with one attached hydrogen (secondary N) is 1. The molecule has 1 amide bonds. The average molecular weight is 312 g/mol. The van der Waals surface area contributed by atoms with Gasteiger partial charge in [-0.05, 0) is 37.4 Å². The van der Waals surface area contributed by atoms with Crippen LogP contribution in [0.3, 0.4) is 0 Å². The van der Waals surface area contributed by atoms with Gasteiger partial charge in [0.1, 0.15) is 5.82 Å². The first-order valence-electron chi connectivity index (χ1n) is 7.47. The molecule has 0 saturated carbocycles. The molecule has 0 aromatic heterocycles. The van der Waals surface area contributed by atoms with Crippen molar-refractivity contribution in [3.05, 3.63) is 77.1 Å². The lowest BCUT2D eigenvalue weighted by Gasteiger charge is -2.10. The molecule has 0 spiro atoms. The zero-order chi connectivity index (χ0) is 16.7. The van der Waals surface area contributed by atoms with Crippen LogP contribution >= 0.6 is 0 Å². The predicted octanol–water partition coefficient (Wildman–Crippen LogP) is 3.22. The van der Waals surface area contributed by atoms with Crippen LogP contribution < -0.4 is 5.32 Å². The smallest absolute Gasteiger partial charge is 0.244 e. The maximum absolute atomic E-state index is 13.4. The summed E-state index contributed by atoms with van der Waals surface area (Å²) in [5, 5.41) is 2.79. The lowest BCUT2D eigenvalue weighted by molar-refractivity contribution is -0.116. The van der Waals surface area contributed by atoms with Crippen LogP contribution in [0.15, 0.2) is 54.6 Å². The highest BCUT2D eigenvalue weighted by atomic mass is 19.1. The van der Waals surface area contributed by atoms with Gasteiger partial charge in [-0.1, -0.05) is 42.5 Å². The molecule has 0 radical (unpaired) electrons. The van der Waals surface area contributed by atoms with E-state index in [4.69, 9.17) is 0 Å². The molecule has 1 N–H and O–H groups in total. The van der Waals surface area contributed by atoms with Crippen LogP contribution in [0.4, 0.5) is 4.39 Å². The second-order valence-corrected chi connectivity index (χ2v) is 5.63. The second-order valence-electron chi connectivity index (χ2n) is 5.63. The average Bonchev–Trinajstić information content (AvgIpc) is 2.53. The van der Waals surface area contributed by atoms with Gasteiger partial charge in [-0.25, -0.2) is 4.39 Å². The Kier molecular flexibility index (Phi) is 6.06. The topological polar surface area (TPSA) is 32.3 Å². The minimum atomic E-state index is -0.340. The molecule has 4 heteroatoms. The molecule has 2 rings (SSSR count). The SMILES string of the molecule is CN(C)Cc1ccc(CNC(=O)/C=C/c2ccccc2F)cc1. The number of rotatable bonds is 6. The molecule has 2 aromatic rings. The minimum absolute atomic E-state index is 0.245. The Balaban J connectivity index is 1.86. The van der Waals surface area contributed by atoms with Crippen molar-refractivity contribution in [1.29, 1.82) is 0 Å². The third-order valence-electron chi connectivity index (χ3n) is 3.31. The Morgan fingerprint density at radius 3 is 2.39 bits per heavy atom. The van der Waals surface area contributed by atoms with Gasteiger partial charge in [0.2, 0.25) is 5.91 Å². The number of nitrogens with zero attached hydrogens (tertiary/aromatic N) is 1. The fourth-order valence-corrected chi connectivity index (χ4v) is 2.15. The summed E-state index contributed by atoms with van der Waals surface area (Å²) in [7, 11) is 4.05. The summed E-state index contributed by atoms with van der Waals surface area (Å²) in [6, 6.07) is 14.4. The summed E-state index contributed by atoms with van der Waals surface area (Å²) < 4.78 is 13.4. The first kappa shape index (κ1) is 16.9. The molecule has 2 aromatic carbocycles. The first-order chi connectivity index (χ1) is 11.0. The Morgan fingerprint density at radius 2 is 1.74 bits per heavy atom. The normalized spacial score (nSPS) is 11.1. The van der Waals surface area contributed by atoms with Gasteiger partial charge >= 0.3 is 0 Å². The van der Waals surface area contributed by atoms with Gasteiger partial charge in [-0.15, -0.1) is 0 Å². The van der Waals surface area contributed by atoms with Crippen LogP contribution in [-0.4, -0.2) is 24.9 Å². The highest BCUT2D eigenvalue weighted by molar-refractivity contribution is 5.91. The molecule has 0 heterocycles. The van der Waals surface area contributed by atoms with Crippen LogP contribution in [0, 0.1) is 5.82 Å². The van der Waals surface area contributed by atoms with E-state index in [0.717, 1.165) is 12.1 Å². The summed E-state index contributed by atoms with van der Waals surface area (Å²) in [6.07, 6.45) is 2.82. The van der Waals surface area contributed by atoms with E-state index in [0.29, 0.717) is 12.1 Å². The zero-order valence-corrected chi connectivity index (χ0v) is 13.4. The van der Waals surface area contributed by atoms with E-state index < -0.39 is 0 Å². The van der Waals surface area contributed by atoms with Gasteiger partial charge in [0.05, 0.1) is 0 Å². The molecule has 0 aliphatic carbocycles. The third-order valence-corrected chi connectivity index (χ3v) is 3.31. The van der Waals surface area contributed by atoms with E-state index >= 15 is 0 Å². The third kappa shape index (κ3) is 5.68. The summed E-state index contributed by atoms with van der Waals surface area (Å²) in [4.78, 5) is 13.9. The van der Waals surface area contributed by atoms with Crippen LogP contribution in [0.25, 0.3) is 6.08 Å². The van der Waals surface area contributed by atoms with Crippen molar-refractivity contribution in [2.75, 3.05) is 14.1 Å². The number of hydrogen-bond acceptors (Lipinski definition) is 2. The van der Waals surface area contributed by atoms with E-state index in [1.165, 1.54) is 23.8 Å². The molecule has 120 valence electrons. The van der Waals surface area contributed by atoms with E-state index in [2.05, 4.69) is 22.3 Å². The fraction of sp³-hybridized carbons (Fsp3) is 0.211. The summed E-state index contributed by atoms with van der Waals surface area (Å²) in [5.74, 6) is -0.585. The highest BCUT2D eigenvalue weighted by Crippen LogP contribution is 2.08. The fourth-order valence-electron chi connectivity index (χ4n) is 2.15. The largest absolute Gasteiger partial charge is 0.348 e. The maximum Gasteiger partial charge on any atom is 0.244 e. The highest BCUT2D eigenvalue weighted by Gasteiger charge is 2.00. The zero-order valence-electron chi connectivity index (χ0n) is 13.4. The second kappa shape index (κ2) is 8.25. The number of halogens is 1. The molecular weight excluding hydrogens is 291 g/mol. The molecule has 0 fully saturated rings. The van der Waals surface area contributed by atoms with Gasteiger partial charge in [0, 0.05) is 24.7 Å². The number of amides is 1. The predicted molar refractivity (Wildman–Crippen MR) is 91.1 cm³/mol. The number of carbonyl (C=O) groups excluding carboxylic acids is 1. The van der Waals surface area contributed by atoms with Crippen molar-refractivity contribution >= 4 is 12.0 Å². The molecule has 23 heavy (non-hydrogen) atoms. The van der Waals surface area contributed by atoms with Crippen molar-refractivity contribution in [3.8, 4) is 0 Å². The van der Waals surface area contributed by atoms with Crippen LogP contribution in [0.2, 0.25) is 0 Å². The Hall–Kier alpha value is -2.46. The summed E-state index contributed by atoms with van der Waals surface area (Å²) in [6.45, 7) is 1.33. The molecule has 3 nitrogen and oxygen atoms in total. The lowest BCUT2D eigenvalue weighted by atomic mass is 10.1. The summed E-state index contributed by atoms with van der Waals surface area (Å²) >= 11 is 0. The molecule has 0 aliphatic heterocycles. The lowest BCUT2D eigenvalue weighted by Crippen LogP contribution is -2.20. The van der Waals surface area contributed by atoms with Crippen LogP contribution in [-0.2, 0) is 17.9 Å². The molecule has 0 bridgehead atoms. The Labute approximate surface area is 136 Å². The van der Waals surface area contributed by atoms with Crippen LogP contribution in [0.5, 0.6) is 0 Å². The monoisotopic (exact) mass is 312 g/mol. The van der Waals surface area contributed by atoms with Crippen molar-refractivity contribution in [1.82, 2.24) is 10.2 Å². The van der Waals surface area contributed by atoms with Gasteiger partial charge in [0.25, 0.3) is 0 Å². The van der Waals surface area contributed by atoms with E-state index in [9.17, 15) is 9.18 Å². The number of carbonyl (C=O) groups is 1. The Morgan fingerprint density at radius 1 is 1.09 bits per heavy atom. The number of hydrogen-bond donors (Lipinski definition) is 1. The van der Waals surface area contributed by atoms with Gasteiger partial charge in [-0.2, -0.15) is 0 Å². The van der Waals surface area contributed by atoms with Crippen molar-refractivity contribution in [2.45, 2.75) is 13.1 Å². The van der Waals surface area contributed by atoms with Crippen molar-refractivity contribution in [2.24, 2.45) is 0 Å². The minimum Gasteiger partial charge on any atom is -0.348 e. The van der Waals surface area contributed by atoms with Crippen molar-refractivity contribution in [3.63, 3.8) is 0 Å². The molecule has 0 atom stereocenters. The van der Waals surface area contributed by atoms with E-state index in [1.807, 2.05) is 26.2 Å². The number of benzene rings is 2. The quantitative estimate of drug-likeness (QED) is 0.831.